The average molecular weight is 275 g/mol. The van der Waals surface area contributed by atoms with Crippen LogP contribution < -0.4 is 9.80 Å². The van der Waals surface area contributed by atoms with Gasteiger partial charge in [0.05, 0.1) is 17.1 Å². The molecule has 1 amide bonds. The second kappa shape index (κ2) is 5.25. The molecule has 0 spiro atoms. The largest absolute Gasteiger partial charge is 0.370 e. The monoisotopic (exact) mass is 275 g/mol. The van der Waals surface area contributed by atoms with Crippen LogP contribution in [0.4, 0.5) is 11.4 Å². The van der Waals surface area contributed by atoms with Gasteiger partial charge in [-0.2, -0.15) is 0 Å². The summed E-state index contributed by atoms with van der Waals surface area (Å²) in [4.78, 5) is 15.9. The Hall–Kier alpha value is -1.49. The Balaban J connectivity index is 1.96. The highest BCUT2D eigenvalue weighted by Crippen LogP contribution is 2.35. The molecule has 19 heavy (non-hydrogen) atoms. The number of carbonyl (C=O) groups is 1. The van der Waals surface area contributed by atoms with Crippen molar-refractivity contribution in [1.29, 1.82) is 5.41 Å². The minimum absolute atomic E-state index is 0.0134. The Labute approximate surface area is 117 Å². The molecule has 100 valence electrons. The smallest absolute Gasteiger partial charge is 0.243 e. The van der Waals surface area contributed by atoms with Crippen molar-refractivity contribution in [2.75, 3.05) is 28.6 Å². The highest BCUT2D eigenvalue weighted by atomic mass is 32.2. The quantitative estimate of drug-likeness (QED) is 0.902. The normalized spacial score (nSPS) is 20.2. The van der Waals surface area contributed by atoms with Crippen LogP contribution in [0.3, 0.4) is 0 Å². The SMILES string of the molecule is N=C1SCC(=O)N1c1ccccc1N1CCCCC1. The third-order valence-electron chi connectivity index (χ3n) is 3.60. The second-order valence-corrected chi connectivity index (χ2v) is 5.82. The van der Waals surface area contributed by atoms with Gasteiger partial charge in [0.2, 0.25) is 5.91 Å². The first kappa shape index (κ1) is 12.5. The van der Waals surface area contributed by atoms with Gasteiger partial charge in [-0.1, -0.05) is 23.9 Å². The second-order valence-electron chi connectivity index (χ2n) is 4.86. The number of amides is 1. The number of hydrogen-bond donors (Lipinski definition) is 1. The standard InChI is InChI=1S/C14H17N3OS/c15-14-17(13(18)10-19-14)12-7-3-2-6-11(12)16-8-4-1-5-9-16/h2-3,6-7,15H,1,4-5,8-10H2. The summed E-state index contributed by atoms with van der Waals surface area (Å²) < 4.78 is 0. The summed E-state index contributed by atoms with van der Waals surface area (Å²) in [5.74, 6) is 0.395. The number of para-hydroxylation sites is 2. The predicted octanol–water partition coefficient (Wildman–Crippen LogP) is 2.69. The Bertz CT molecular complexity index is 495. The summed E-state index contributed by atoms with van der Waals surface area (Å²) >= 11 is 1.30. The summed E-state index contributed by atoms with van der Waals surface area (Å²) in [6, 6.07) is 7.95. The van der Waals surface area contributed by atoms with Crippen molar-refractivity contribution >= 4 is 34.2 Å². The van der Waals surface area contributed by atoms with Gasteiger partial charge in [0.25, 0.3) is 0 Å². The molecule has 0 atom stereocenters. The van der Waals surface area contributed by atoms with Crippen LogP contribution in [-0.2, 0) is 4.79 Å². The molecule has 2 aliphatic heterocycles. The third-order valence-corrected chi connectivity index (χ3v) is 4.45. The van der Waals surface area contributed by atoms with Crippen LogP contribution in [0.25, 0.3) is 0 Å². The molecule has 3 rings (SSSR count). The van der Waals surface area contributed by atoms with Crippen molar-refractivity contribution in [1.82, 2.24) is 0 Å². The van der Waals surface area contributed by atoms with Gasteiger partial charge in [-0.05, 0) is 31.4 Å². The third kappa shape index (κ3) is 2.34. The first-order valence-corrected chi connectivity index (χ1v) is 7.64. The number of anilines is 2. The van der Waals surface area contributed by atoms with E-state index in [-0.39, 0.29) is 5.91 Å². The van der Waals surface area contributed by atoms with Crippen LogP contribution in [0, 0.1) is 5.41 Å². The minimum Gasteiger partial charge on any atom is -0.370 e. The molecule has 2 aliphatic rings. The van der Waals surface area contributed by atoms with Crippen molar-refractivity contribution in [3.05, 3.63) is 24.3 Å². The van der Waals surface area contributed by atoms with Crippen LogP contribution in [0.1, 0.15) is 19.3 Å². The number of amidine groups is 1. The van der Waals surface area contributed by atoms with Crippen LogP contribution in [-0.4, -0.2) is 29.9 Å². The molecule has 4 nitrogen and oxygen atoms in total. The zero-order chi connectivity index (χ0) is 13.2. The zero-order valence-corrected chi connectivity index (χ0v) is 11.6. The first-order chi connectivity index (χ1) is 9.27. The molecule has 2 saturated heterocycles. The molecule has 0 bridgehead atoms. The Morgan fingerprint density at radius 2 is 1.74 bits per heavy atom. The van der Waals surface area contributed by atoms with Gasteiger partial charge in [0.1, 0.15) is 0 Å². The van der Waals surface area contributed by atoms with E-state index in [4.69, 9.17) is 5.41 Å². The maximum Gasteiger partial charge on any atom is 0.243 e. The summed E-state index contributed by atoms with van der Waals surface area (Å²) in [7, 11) is 0. The van der Waals surface area contributed by atoms with Gasteiger partial charge in [-0.3, -0.25) is 15.1 Å². The van der Waals surface area contributed by atoms with E-state index in [0.717, 1.165) is 24.5 Å². The first-order valence-electron chi connectivity index (χ1n) is 6.65. The number of nitrogens with zero attached hydrogens (tertiary/aromatic N) is 2. The van der Waals surface area contributed by atoms with Crippen molar-refractivity contribution in [3.63, 3.8) is 0 Å². The molecule has 0 aromatic heterocycles. The maximum atomic E-state index is 12.0. The number of piperidine rings is 1. The molecule has 2 fully saturated rings. The predicted molar refractivity (Wildman–Crippen MR) is 80.2 cm³/mol. The fourth-order valence-corrected chi connectivity index (χ4v) is 3.39. The lowest BCUT2D eigenvalue weighted by molar-refractivity contribution is -0.115. The molecular weight excluding hydrogens is 258 g/mol. The van der Waals surface area contributed by atoms with Gasteiger partial charge in [-0.15, -0.1) is 0 Å². The molecule has 0 aliphatic carbocycles. The topological polar surface area (TPSA) is 47.4 Å². The van der Waals surface area contributed by atoms with E-state index < -0.39 is 0 Å². The fourth-order valence-electron chi connectivity index (χ4n) is 2.67. The number of hydrogen-bond acceptors (Lipinski definition) is 4. The number of rotatable bonds is 2. The zero-order valence-electron chi connectivity index (χ0n) is 10.8. The Morgan fingerprint density at radius 3 is 2.37 bits per heavy atom. The molecule has 1 aromatic rings. The highest BCUT2D eigenvalue weighted by molar-refractivity contribution is 8.15. The van der Waals surface area contributed by atoms with E-state index in [1.165, 1.54) is 31.0 Å². The summed E-state index contributed by atoms with van der Waals surface area (Å²) in [6.45, 7) is 2.08. The lowest BCUT2D eigenvalue weighted by Crippen LogP contribution is -2.34. The van der Waals surface area contributed by atoms with E-state index in [9.17, 15) is 4.79 Å². The highest BCUT2D eigenvalue weighted by Gasteiger charge is 2.31. The van der Waals surface area contributed by atoms with Gasteiger partial charge >= 0.3 is 0 Å². The van der Waals surface area contributed by atoms with E-state index in [2.05, 4.69) is 11.0 Å². The van der Waals surface area contributed by atoms with Crippen molar-refractivity contribution in [3.8, 4) is 0 Å². The van der Waals surface area contributed by atoms with E-state index in [1.807, 2.05) is 18.2 Å². The molecule has 1 aromatic carbocycles. The van der Waals surface area contributed by atoms with Gasteiger partial charge in [0, 0.05) is 13.1 Å². The summed E-state index contributed by atoms with van der Waals surface area (Å²) in [5, 5.41) is 8.28. The Morgan fingerprint density at radius 1 is 1.05 bits per heavy atom. The van der Waals surface area contributed by atoms with Gasteiger partial charge < -0.3 is 4.90 Å². The van der Waals surface area contributed by atoms with Crippen LogP contribution in [0.5, 0.6) is 0 Å². The molecule has 2 heterocycles. The van der Waals surface area contributed by atoms with Crippen LogP contribution in [0.2, 0.25) is 0 Å². The van der Waals surface area contributed by atoms with Crippen molar-refractivity contribution in [2.45, 2.75) is 19.3 Å². The van der Waals surface area contributed by atoms with Crippen molar-refractivity contribution in [2.24, 2.45) is 0 Å². The van der Waals surface area contributed by atoms with E-state index in [1.54, 1.807) is 4.90 Å². The average Bonchev–Trinajstić information content (AvgIpc) is 2.79. The minimum atomic E-state index is 0.0134. The van der Waals surface area contributed by atoms with Crippen LogP contribution in [0.15, 0.2) is 24.3 Å². The number of nitrogens with one attached hydrogen (secondary N) is 1. The Kier molecular flexibility index (Phi) is 3.46. The van der Waals surface area contributed by atoms with E-state index in [0.29, 0.717) is 10.9 Å². The summed E-state index contributed by atoms with van der Waals surface area (Å²) in [6.07, 6.45) is 3.69. The lowest BCUT2D eigenvalue weighted by atomic mass is 10.1. The van der Waals surface area contributed by atoms with Gasteiger partial charge in [0.15, 0.2) is 5.17 Å². The maximum absolute atomic E-state index is 12.0. The number of carbonyl (C=O) groups excluding carboxylic acids is 1. The van der Waals surface area contributed by atoms with Gasteiger partial charge in [-0.25, -0.2) is 0 Å². The molecule has 0 radical (unpaired) electrons. The molecule has 1 N–H and O–H groups in total. The summed E-state index contributed by atoms with van der Waals surface area (Å²) in [5.41, 5.74) is 1.95. The molecule has 0 unspecified atom stereocenters. The fraction of sp³-hybridized carbons (Fsp3) is 0.429. The lowest BCUT2D eigenvalue weighted by Gasteiger charge is -2.32. The van der Waals surface area contributed by atoms with E-state index >= 15 is 0 Å². The molecule has 0 saturated carbocycles. The number of benzene rings is 1. The molecule has 5 heteroatoms. The van der Waals surface area contributed by atoms with Crippen LogP contribution >= 0.6 is 11.8 Å². The molecular formula is C14H17N3OS. The number of thioether (sulfide) groups is 1. The van der Waals surface area contributed by atoms with Crippen molar-refractivity contribution < 1.29 is 4.79 Å².